The number of rotatable bonds is 4. The molecule has 1 aromatic rings. The lowest BCUT2D eigenvalue weighted by Gasteiger charge is -2.09. The summed E-state index contributed by atoms with van der Waals surface area (Å²) in [6.07, 6.45) is 2.05. The first-order valence-electron chi connectivity index (χ1n) is 4.86. The van der Waals surface area contributed by atoms with Gasteiger partial charge in [-0.1, -0.05) is 32.4 Å². The van der Waals surface area contributed by atoms with Crippen LogP contribution in [0.2, 0.25) is 0 Å². The summed E-state index contributed by atoms with van der Waals surface area (Å²) in [4.78, 5) is 0. The zero-order valence-electron chi connectivity index (χ0n) is 8.62. The highest BCUT2D eigenvalue weighted by atomic mass is 15.4. The Morgan fingerprint density at radius 2 is 2.15 bits per heavy atom. The van der Waals surface area contributed by atoms with Crippen molar-refractivity contribution in [3.05, 3.63) is 5.69 Å². The molecule has 0 saturated heterocycles. The molecule has 0 bridgehead atoms. The fourth-order valence-electron chi connectivity index (χ4n) is 1.28. The number of hydrogen-bond acceptors (Lipinski definition) is 3. The fourth-order valence-corrected chi connectivity index (χ4v) is 1.28. The maximum absolute atomic E-state index is 5.67. The highest BCUT2D eigenvalue weighted by Gasteiger charge is 2.09. The van der Waals surface area contributed by atoms with Crippen LogP contribution in [0.15, 0.2) is 0 Å². The van der Waals surface area contributed by atoms with Crippen molar-refractivity contribution >= 4 is 5.82 Å². The molecular formula is C9H18N4. The highest BCUT2D eigenvalue weighted by Crippen LogP contribution is 2.11. The minimum absolute atomic E-state index is 0.575. The minimum atomic E-state index is 0.575. The molecular weight excluding hydrogens is 164 g/mol. The third-order valence-corrected chi connectivity index (χ3v) is 2.38. The van der Waals surface area contributed by atoms with E-state index in [1.165, 1.54) is 0 Å². The number of anilines is 1. The van der Waals surface area contributed by atoms with Crippen LogP contribution in [-0.2, 0) is 13.0 Å². The Bertz CT molecular complexity index is 267. The summed E-state index contributed by atoms with van der Waals surface area (Å²) < 4.78 is 1.92. The molecule has 1 heterocycles. The van der Waals surface area contributed by atoms with Crippen molar-refractivity contribution in [1.82, 2.24) is 15.0 Å². The molecule has 0 aliphatic heterocycles. The molecule has 0 saturated carbocycles. The van der Waals surface area contributed by atoms with Gasteiger partial charge in [0.1, 0.15) is 0 Å². The maximum atomic E-state index is 5.67. The van der Waals surface area contributed by atoms with Crippen molar-refractivity contribution in [3.63, 3.8) is 0 Å². The molecule has 13 heavy (non-hydrogen) atoms. The zero-order valence-corrected chi connectivity index (χ0v) is 8.62. The lowest BCUT2D eigenvalue weighted by molar-refractivity contribution is 0.422. The van der Waals surface area contributed by atoms with Crippen molar-refractivity contribution in [1.29, 1.82) is 0 Å². The fraction of sp³-hybridized carbons (Fsp3) is 0.778. The SMILES string of the molecule is CCc1c(N)nnn1CC(C)CC. The van der Waals surface area contributed by atoms with Gasteiger partial charge in [0.15, 0.2) is 5.82 Å². The second-order valence-corrected chi connectivity index (χ2v) is 3.47. The smallest absolute Gasteiger partial charge is 0.169 e. The Kier molecular flexibility index (Phi) is 3.28. The molecule has 0 fully saturated rings. The van der Waals surface area contributed by atoms with Gasteiger partial charge in [0, 0.05) is 6.54 Å². The molecule has 1 atom stereocenters. The van der Waals surface area contributed by atoms with Gasteiger partial charge in [-0.3, -0.25) is 0 Å². The Balaban J connectivity index is 2.76. The summed E-state index contributed by atoms with van der Waals surface area (Å²) in [6.45, 7) is 7.37. The van der Waals surface area contributed by atoms with Crippen molar-refractivity contribution in [2.24, 2.45) is 5.92 Å². The first-order valence-corrected chi connectivity index (χ1v) is 4.86. The van der Waals surface area contributed by atoms with Crippen molar-refractivity contribution in [2.45, 2.75) is 40.2 Å². The molecule has 74 valence electrons. The average Bonchev–Trinajstić information content (AvgIpc) is 2.46. The Labute approximate surface area is 79.1 Å². The first-order chi connectivity index (χ1) is 6.19. The van der Waals surface area contributed by atoms with Gasteiger partial charge >= 0.3 is 0 Å². The molecule has 0 aliphatic rings. The number of hydrogen-bond donors (Lipinski definition) is 1. The number of nitrogen functional groups attached to an aromatic ring is 1. The minimum Gasteiger partial charge on any atom is -0.381 e. The third-order valence-electron chi connectivity index (χ3n) is 2.38. The Hall–Kier alpha value is -1.06. The van der Waals surface area contributed by atoms with Crippen LogP contribution in [0, 0.1) is 5.92 Å². The largest absolute Gasteiger partial charge is 0.381 e. The molecule has 4 nitrogen and oxygen atoms in total. The van der Waals surface area contributed by atoms with E-state index in [2.05, 4.69) is 31.1 Å². The van der Waals surface area contributed by atoms with Crippen LogP contribution in [0.3, 0.4) is 0 Å². The lowest BCUT2D eigenvalue weighted by Crippen LogP contribution is -2.11. The quantitative estimate of drug-likeness (QED) is 0.767. The molecule has 0 radical (unpaired) electrons. The van der Waals surface area contributed by atoms with E-state index in [1.807, 2.05) is 4.68 Å². The van der Waals surface area contributed by atoms with Gasteiger partial charge < -0.3 is 5.73 Å². The van der Waals surface area contributed by atoms with E-state index in [-0.39, 0.29) is 0 Å². The van der Waals surface area contributed by atoms with Gasteiger partial charge in [-0.05, 0) is 12.3 Å². The van der Waals surface area contributed by atoms with Gasteiger partial charge in [-0.2, -0.15) is 0 Å². The van der Waals surface area contributed by atoms with Crippen molar-refractivity contribution in [2.75, 3.05) is 5.73 Å². The van der Waals surface area contributed by atoms with Gasteiger partial charge in [0.25, 0.3) is 0 Å². The van der Waals surface area contributed by atoms with Gasteiger partial charge in [0.05, 0.1) is 5.69 Å². The number of nitrogens with zero attached hydrogens (tertiary/aromatic N) is 3. The van der Waals surface area contributed by atoms with E-state index in [1.54, 1.807) is 0 Å². The maximum Gasteiger partial charge on any atom is 0.169 e. The standard InChI is InChI=1S/C9H18N4/c1-4-7(3)6-13-8(5-2)9(10)11-12-13/h7H,4-6,10H2,1-3H3. The van der Waals surface area contributed by atoms with E-state index in [4.69, 9.17) is 5.73 Å². The summed E-state index contributed by atoms with van der Waals surface area (Å²) in [7, 11) is 0. The first kappa shape index (κ1) is 10.0. The van der Waals surface area contributed by atoms with E-state index in [9.17, 15) is 0 Å². The van der Waals surface area contributed by atoms with E-state index in [0.29, 0.717) is 11.7 Å². The molecule has 2 N–H and O–H groups in total. The number of nitrogens with two attached hydrogens (primary N) is 1. The third kappa shape index (κ3) is 2.20. The molecule has 0 amide bonds. The predicted octanol–water partition coefficient (Wildman–Crippen LogP) is 1.47. The van der Waals surface area contributed by atoms with Crippen LogP contribution in [0.1, 0.15) is 32.9 Å². The monoisotopic (exact) mass is 182 g/mol. The summed E-state index contributed by atoms with van der Waals surface area (Å²) >= 11 is 0. The highest BCUT2D eigenvalue weighted by molar-refractivity contribution is 5.32. The average molecular weight is 182 g/mol. The molecule has 0 aromatic carbocycles. The summed E-state index contributed by atoms with van der Waals surface area (Å²) in [5, 5.41) is 7.88. The lowest BCUT2D eigenvalue weighted by atomic mass is 10.1. The molecule has 1 unspecified atom stereocenters. The molecule has 1 rings (SSSR count). The van der Waals surface area contributed by atoms with Crippen LogP contribution < -0.4 is 5.73 Å². The van der Waals surface area contributed by atoms with Gasteiger partial charge in [-0.15, -0.1) is 5.10 Å². The van der Waals surface area contributed by atoms with Crippen LogP contribution in [0.5, 0.6) is 0 Å². The normalized spacial score (nSPS) is 13.2. The van der Waals surface area contributed by atoms with Crippen LogP contribution in [-0.4, -0.2) is 15.0 Å². The second kappa shape index (κ2) is 4.25. The number of aromatic nitrogens is 3. The molecule has 4 heteroatoms. The van der Waals surface area contributed by atoms with Crippen LogP contribution in [0.25, 0.3) is 0 Å². The summed E-state index contributed by atoms with van der Waals surface area (Å²) in [5.41, 5.74) is 6.73. The van der Waals surface area contributed by atoms with Crippen LogP contribution in [0.4, 0.5) is 5.82 Å². The molecule has 0 aliphatic carbocycles. The Morgan fingerprint density at radius 3 is 2.69 bits per heavy atom. The molecule has 0 spiro atoms. The van der Waals surface area contributed by atoms with E-state index < -0.39 is 0 Å². The predicted molar refractivity (Wildman–Crippen MR) is 53.3 cm³/mol. The van der Waals surface area contributed by atoms with E-state index in [0.717, 1.165) is 25.1 Å². The summed E-state index contributed by atoms with van der Waals surface area (Å²) in [5.74, 6) is 1.21. The molecule has 1 aromatic heterocycles. The Morgan fingerprint density at radius 1 is 1.46 bits per heavy atom. The second-order valence-electron chi connectivity index (χ2n) is 3.47. The zero-order chi connectivity index (χ0) is 9.84. The van der Waals surface area contributed by atoms with Gasteiger partial charge in [0.2, 0.25) is 0 Å². The van der Waals surface area contributed by atoms with Crippen molar-refractivity contribution in [3.8, 4) is 0 Å². The van der Waals surface area contributed by atoms with Gasteiger partial charge in [-0.25, -0.2) is 4.68 Å². The van der Waals surface area contributed by atoms with Crippen LogP contribution >= 0.6 is 0 Å². The summed E-state index contributed by atoms with van der Waals surface area (Å²) in [6, 6.07) is 0. The van der Waals surface area contributed by atoms with Crippen molar-refractivity contribution < 1.29 is 0 Å². The topological polar surface area (TPSA) is 56.7 Å². The van der Waals surface area contributed by atoms with E-state index >= 15 is 0 Å².